The summed E-state index contributed by atoms with van der Waals surface area (Å²) in [6, 6.07) is 0. The van der Waals surface area contributed by atoms with Crippen molar-refractivity contribution in [2.24, 2.45) is 0 Å². The molecule has 1 aromatic heterocycles. The third-order valence-corrected chi connectivity index (χ3v) is 3.14. The van der Waals surface area contributed by atoms with E-state index in [-0.39, 0.29) is 5.41 Å². The van der Waals surface area contributed by atoms with E-state index in [4.69, 9.17) is 11.6 Å². The summed E-state index contributed by atoms with van der Waals surface area (Å²) in [7, 11) is 0. The van der Waals surface area contributed by atoms with Crippen LogP contribution >= 0.6 is 22.9 Å². The number of hydrogen-bond acceptors (Lipinski definition) is 2. The molecule has 3 heteroatoms. The summed E-state index contributed by atoms with van der Waals surface area (Å²) >= 11 is 7.35. The Kier molecular flexibility index (Phi) is 2.26. The largest absolute Gasteiger partial charge is 0.230 e. The molecule has 1 rings (SSSR count). The van der Waals surface area contributed by atoms with Crippen LogP contribution in [0.5, 0.6) is 0 Å². The first-order chi connectivity index (χ1) is 4.91. The summed E-state index contributed by atoms with van der Waals surface area (Å²) in [6.07, 6.45) is 0. The Balaban J connectivity index is 3.13. The van der Waals surface area contributed by atoms with Gasteiger partial charge in [0.15, 0.2) is 4.47 Å². The molecule has 0 amide bonds. The van der Waals surface area contributed by atoms with E-state index in [9.17, 15) is 0 Å². The van der Waals surface area contributed by atoms with Crippen molar-refractivity contribution in [2.45, 2.75) is 33.1 Å². The minimum absolute atomic E-state index is 0.175. The number of hydrogen-bond donors (Lipinski definition) is 0. The zero-order valence-corrected chi connectivity index (χ0v) is 8.81. The first-order valence-electron chi connectivity index (χ1n) is 3.54. The molecule has 11 heavy (non-hydrogen) atoms. The highest BCUT2D eigenvalue weighted by Gasteiger charge is 2.19. The van der Waals surface area contributed by atoms with Crippen LogP contribution in [-0.2, 0) is 5.41 Å². The summed E-state index contributed by atoms with van der Waals surface area (Å²) in [5, 5.41) is 0. The van der Waals surface area contributed by atoms with Gasteiger partial charge in [0, 0.05) is 4.88 Å². The molecule has 0 fully saturated rings. The zero-order chi connectivity index (χ0) is 8.65. The van der Waals surface area contributed by atoms with Crippen molar-refractivity contribution in [1.29, 1.82) is 0 Å². The number of rotatable bonds is 0. The maximum Gasteiger partial charge on any atom is 0.184 e. The first kappa shape index (κ1) is 9.01. The fourth-order valence-electron chi connectivity index (χ4n) is 1.06. The second-order valence-corrected chi connectivity index (χ2v) is 5.21. The van der Waals surface area contributed by atoms with Gasteiger partial charge in [-0.1, -0.05) is 32.4 Å². The third-order valence-electron chi connectivity index (χ3n) is 1.45. The number of halogens is 1. The van der Waals surface area contributed by atoms with E-state index in [1.807, 2.05) is 6.92 Å². The van der Waals surface area contributed by atoms with Crippen LogP contribution in [-0.4, -0.2) is 4.98 Å². The predicted octanol–water partition coefficient (Wildman–Crippen LogP) is 3.40. The van der Waals surface area contributed by atoms with Crippen molar-refractivity contribution in [2.75, 3.05) is 0 Å². The molecule has 0 N–H and O–H groups in total. The lowest BCUT2D eigenvalue weighted by molar-refractivity contribution is 0.598. The summed E-state index contributed by atoms with van der Waals surface area (Å²) < 4.78 is 0.646. The van der Waals surface area contributed by atoms with Crippen LogP contribution in [0.15, 0.2) is 0 Å². The van der Waals surface area contributed by atoms with E-state index >= 15 is 0 Å². The van der Waals surface area contributed by atoms with E-state index in [0.29, 0.717) is 4.47 Å². The van der Waals surface area contributed by atoms with Crippen molar-refractivity contribution in [3.05, 3.63) is 15.0 Å². The van der Waals surface area contributed by atoms with Gasteiger partial charge in [0.2, 0.25) is 0 Å². The number of aromatic nitrogens is 1. The Labute approximate surface area is 76.4 Å². The molecule has 0 aliphatic heterocycles. The normalized spacial score (nSPS) is 12.1. The van der Waals surface area contributed by atoms with Crippen LogP contribution in [0.25, 0.3) is 0 Å². The molecule has 0 bridgehead atoms. The van der Waals surface area contributed by atoms with Crippen LogP contribution in [0.2, 0.25) is 4.47 Å². The topological polar surface area (TPSA) is 12.9 Å². The van der Waals surface area contributed by atoms with Crippen LogP contribution in [0.4, 0.5) is 0 Å². The Morgan fingerprint density at radius 1 is 1.36 bits per heavy atom. The van der Waals surface area contributed by atoms with Gasteiger partial charge in [-0.25, -0.2) is 4.98 Å². The molecule has 0 saturated carbocycles. The summed E-state index contributed by atoms with van der Waals surface area (Å²) in [5.74, 6) is 0. The Morgan fingerprint density at radius 2 is 1.91 bits per heavy atom. The molecular formula is C8H12ClNS. The van der Waals surface area contributed by atoms with Gasteiger partial charge in [-0.2, -0.15) is 0 Å². The quantitative estimate of drug-likeness (QED) is 0.610. The van der Waals surface area contributed by atoms with Gasteiger partial charge in [0.05, 0.1) is 5.69 Å². The van der Waals surface area contributed by atoms with Gasteiger partial charge in [-0.05, 0) is 12.3 Å². The van der Waals surface area contributed by atoms with Gasteiger partial charge in [-0.15, -0.1) is 11.3 Å². The third kappa shape index (κ3) is 1.94. The van der Waals surface area contributed by atoms with E-state index < -0.39 is 0 Å². The SMILES string of the molecule is Cc1nc(Cl)sc1C(C)(C)C. The highest BCUT2D eigenvalue weighted by Crippen LogP contribution is 2.32. The molecule has 0 spiro atoms. The van der Waals surface area contributed by atoms with Crippen molar-refractivity contribution >= 4 is 22.9 Å². The highest BCUT2D eigenvalue weighted by molar-refractivity contribution is 7.16. The van der Waals surface area contributed by atoms with E-state index in [0.717, 1.165) is 5.69 Å². The van der Waals surface area contributed by atoms with Gasteiger partial charge in [-0.3, -0.25) is 0 Å². The summed E-state index contributed by atoms with van der Waals surface area (Å²) in [5.41, 5.74) is 1.24. The Morgan fingerprint density at radius 3 is 2.09 bits per heavy atom. The molecule has 0 aliphatic rings. The molecule has 1 heterocycles. The lowest BCUT2D eigenvalue weighted by atomic mass is 9.94. The van der Waals surface area contributed by atoms with Crippen molar-refractivity contribution in [3.63, 3.8) is 0 Å². The maximum absolute atomic E-state index is 5.78. The fraction of sp³-hybridized carbons (Fsp3) is 0.625. The highest BCUT2D eigenvalue weighted by atomic mass is 35.5. The molecule has 62 valence electrons. The second-order valence-electron chi connectivity index (χ2n) is 3.63. The average molecular weight is 190 g/mol. The summed E-state index contributed by atoms with van der Waals surface area (Å²) in [4.78, 5) is 5.44. The minimum Gasteiger partial charge on any atom is -0.230 e. The fourth-order valence-corrected chi connectivity index (χ4v) is 2.27. The average Bonchev–Trinajstić information content (AvgIpc) is 2.08. The standard InChI is InChI=1S/C8H12ClNS/c1-5-6(8(2,3)4)11-7(9)10-5/h1-4H3. The van der Waals surface area contributed by atoms with E-state index in [1.54, 1.807) is 11.3 Å². The first-order valence-corrected chi connectivity index (χ1v) is 4.74. The van der Waals surface area contributed by atoms with Crippen LogP contribution in [0.1, 0.15) is 31.3 Å². The molecule has 0 radical (unpaired) electrons. The molecule has 1 nitrogen and oxygen atoms in total. The lowest BCUT2D eigenvalue weighted by Crippen LogP contribution is -2.10. The van der Waals surface area contributed by atoms with Crippen molar-refractivity contribution in [3.8, 4) is 0 Å². The molecule has 1 aromatic rings. The smallest absolute Gasteiger partial charge is 0.184 e. The van der Waals surface area contributed by atoms with Crippen molar-refractivity contribution < 1.29 is 0 Å². The lowest BCUT2D eigenvalue weighted by Gasteiger charge is -2.16. The van der Waals surface area contributed by atoms with E-state index in [1.165, 1.54) is 4.88 Å². The molecule has 0 saturated heterocycles. The number of aryl methyl sites for hydroxylation is 1. The molecular weight excluding hydrogens is 178 g/mol. The molecule has 0 aromatic carbocycles. The summed E-state index contributed by atoms with van der Waals surface area (Å²) in [6.45, 7) is 8.51. The maximum atomic E-state index is 5.78. The molecule has 0 unspecified atom stereocenters. The van der Waals surface area contributed by atoms with Crippen LogP contribution < -0.4 is 0 Å². The monoisotopic (exact) mass is 189 g/mol. The molecule has 0 aliphatic carbocycles. The Bertz CT molecular complexity index is 260. The van der Waals surface area contributed by atoms with E-state index in [2.05, 4.69) is 25.8 Å². The second kappa shape index (κ2) is 2.76. The molecule has 0 atom stereocenters. The number of nitrogens with zero attached hydrogens (tertiary/aromatic N) is 1. The van der Waals surface area contributed by atoms with Crippen molar-refractivity contribution in [1.82, 2.24) is 4.98 Å². The van der Waals surface area contributed by atoms with Gasteiger partial charge in [0.1, 0.15) is 0 Å². The number of thiazole rings is 1. The Hall–Kier alpha value is -0.0800. The zero-order valence-electron chi connectivity index (χ0n) is 7.23. The van der Waals surface area contributed by atoms with Crippen LogP contribution in [0.3, 0.4) is 0 Å². The minimum atomic E-state index is 0.175. The predicted molar refractivity (Wildman–Crippen MR) is 50.6 cm³/mol. The van der Waals surface area contributed by atoms with Gasteiger partial charge in [0.25, 0.3) is 0 Å². The van der Waals surface area contributed by atoms with Gasteiger partial charge >= 0.3 is 0 Å². The van der Waals surface area contributed by atoms with Crippen LogP contribution in [0, 0.1) is 6.92 Å². The van der Waals surface area contributed by atoms with Gasteiger partial charge < -0.3 is 0 Å².